The Bertz CT molecular complexity index is 1830. The maximum absolute atomic E-state index is 14.5. The zero-order chi connectivity index (χ0) is 37.3. The van der Waals surface area contributed by atoms with Gasteiger partial charge >= 0.3 is 11.9 Å². The van der Waals surface area contributed by atoms with E-state index >= 15 is 0 Å². The van der Waals surface area contributed by atoms with Crippen LogP contribution in [-0.2, 0) is 24.5 Å². The van der Waals surface area contributed by atoms with Crippen LogP contribution >= 0.6 is 0 Å². The first-order valence-electron chi connectivity index (χ1n) is 21.7. The fraction of sp³-hybridized carbons (Fsp3) is 0.778. The lowest BCUT2D eigenvalue weighted by atomic mass is 9.43. The van der Waals surface area contributed by atoms with Crippen molar-refractivity contribution < 1.29 is 38.9 Å². The first-order valence-corrected chi connectivity index (χ1v) is 21.7. The normalized spacial score (nSPS) is 54.4. The van der Waals surface area contributed by atoms with Crippen molar-refractivity contribution in [2.45, 2.75) is 145 Å². The summed E-state index contributed by atoms with van der Waals surface area (Å²) in [5, 5.41) is 37.5. The molecule has 9 fully saturated rings. The van der Waals surface area contributed by atoms with E-state index in [2.05, 4.69) is 57.0 Å². The highest BCUT2D eigenvalue weighted by molar-refractivity contribution is 5.85. The van der Waals surface area contributed by atoms with Crippen molar-refractivity contribution in [1.29, 1.82) is 0 Å². The number of cyclic esters (lactones) is 1. The van der Waals surface area contributed by atoms with E-state index in [1.807, 2.05) is 0 Å². The number of carbonyl (C=O) groups is 2. The van der Waals surface area contributed by atoms with Gasteiger partial charge in [-0.2, -0.15) is 0 Å². The molecule has 6 aliphatic heterocycles. The lowest BCUT2D eigenvalue weighted by molar-refractivity contribution is -1.03. The second kappa shape index (κ2) is 11.1. The average Bonchev–Trinajstić information content (AvgIpc) is 3.83. The summed E-state index contributed by atoms with van der Waals surface area (Å²) in [5.74, 6) is 1.32. The summed E-state index contributed by atoms with van der Waals surface area (Å²) in [6, 6.07) is 8.74. The molecule has 6 heterocycles. The van der Waals surface area contributed by atoms with Crippen molar-refractivity contribution in [3.8, 4) is 0 Å². The average molecular weight is 742 g/mol. The minimum atomic E-state index is -0.739. The van der Waals surface area contributed by atoms with Gasteiger partial charge in [0.05, 0.1) is 29.2 Å². The second-order valence-corrected chi connectivity index (χ2v) is 20.7. The number of ether oxygens (including phenoxy) is 2. The summed E-state index contributed by atoms with van der Waals surface area (Å²) in [4.78, 5) is 28.8. The molecule has 5 bridgehead atoms. The molecule has 18 atom stereocenters. The van der Waals surface area contributed by atoms with E-state index in [0.29, 0.717) is 22.9 Å². The molecule has 9 heteroatoms. The van der Waals surface area contributed by atoms with Gasteiger partial charge in [0.15, 0.2) is 12.8 Å². The molecule has 9 nitrogen and oxygen atoms in total. The van der Waals surface area contributed by atoms with Crippen LogP contribution in [0.25, 0.3) is 0 Å². The van der Waals surface area contributed by atoms with Crippen LogP contribution in [0.3, 0.4) is 0 Å². The van der Waals surface area contributed by atoms with Crippen LogP contribution < -0.4 is 4.90 Å². The standard InChI is InChI=1S/C45H61N2O7/c1-5-27-28-20-34-39-44(32-8-6-7-9-33(32)46(39)4)21-35(38(28)40(44)50)47(34,41(27)51)22-37(49)54-26-12-15-42(2)25(19-26)10-11-31-30(42)13-16-43(3)29(14-17-45(31,43)52)24-18-36(48)53-23-24/h6-9,18,25-31,34-35,38-41,50-52H,5,10-17,19-23H2,1-4H3/q+1/t25-,26+,27+,28-,29-,30+,31-,34+,35+,38-,39+,40+,41-,42+,43-,44-,45+,47-/m1/s1. The predicted octanol–water partition coefficient (Wildman–Crippen LogP) is 5.24. The van der Waals surface area contributed by atoms with Crippen LogP contribution in [0.15, 0.2) is 35.9 Å². The molecule has 3 N–H and O–H groups in total. The summed E-state index contributed by atoms with van der Waals surface area (Å²) < 4.78 is 12.3. The lowest BCUT2D eigenvalue weighted by Crippen LogP contribution is -2.83. The molecule has 292 valence electrons. The zero-order valence-corrected chi connectivity index (χ0v) is 32.7. The topological polar surface area (TPSA) is 117 Å². The molecule has 0 amide bonds. The molecule has 0 aromatic heterocycles. The molecular weight excluding hydrogens is 681 g/mol. The summed E-state index contributed by atoms with van der Waals surface area (Å²) in [5.41, 5.74) is 2.28. The number of para-hydroxylation sites is 1. The summed E-state index contributed by atoms with van der Waals surface area (Å²) in [6.45, 7) is 7.48. The van der Waals surface area contributed by atoms with Crippen LogP contribution in [0.2, 0.25) is 0 Å². The fourth-order valence-electron chi connectivity index (χ4n) is 17.6. The van der Waals surface area contributed by atoms with Gasteiger partial charge in [0, 0.05) is 48.9 Å². The molecule has 54 heavy (non-hydrogen) atoms. The van der Waals surface area contributed by atoms with Gasteiger partial charge in [-0.15, -0.1) is 0 Å². The van der Waals surface area contributed by atoms with E-state index in [1.165, 1.54) is 11.3 Å². The van der Waals surface area contributed by atoms with Crippen molar-refractivity contribution in [2.75, 3.05) is 25.1 Å². The first kappa shape index (κ1) is 34.8. The Kier molecular flexibility index (Phi) is 7.17. The van der Waals surface area contributed by atoms with E-state index in [1.54, 1.807) is 6.08 Å². The van der Waals surface area contributed by atoms with Crippen molar-refractivity contribution in [1.82, 2.24) is 0 Å². The van der Waals surface area contributed by atoms with Crippen LogP contribution in [-0.4, -0.2) is 94.1 Å². The number of hydrogen-bond acceptors (Lipinski definition) is 8. The molecule has 1 aromatic rings. The molecule has 11 aliphatic rings. The van der Waals surface area contributed by atoms with E-state index in [0.717, 1.165) is 82.6 Å². The molecule has 4 saturated heterocycles. The third kappa shape index (κ3) is 3.88. The lowest BCUT2D eigenvalue weighted by Gasteiger charge is -2.67. The van der Waals surface area contributed by atoms with Crippen LogP contribution in [0.5, 0.6) is 0 Å². The van der Waals surface area contributed by atoms with Gasteiger partial charge in [-0.3, -0.25) is 4.48 Å². The maximum atomic E-state index is 14.5. The van der Waals surface area contributed by atoms with E-state index < -0.39 is 17.9 Å². The number of piperidine rings is 4. The molecule has 5 aliphatic carbocycles. The van der Waals surface area contributed by atoms with E-state index in [9.17, 15) is 24.9 Å². The van der Waals surface area contributed by atoms with E-state index in [4.69, 9.17) is 9.47 Å². The number of likely N-dealkylation sites (N-methyl/N-ethyl adjacent to an activating group) is 1. The monoisotopic (exact) mass is 741 g/mol. The Labute approximate surface area is 320 Å². The number of benzene rings is 1. The Balaban J connectivity index is 0.829. The number of rotatable bonds is 5. The Morgan fingerprint density at radius 3 is 2.61 bits per heavy atom. The summed E-state index contributed by atoms with van der Waals surface area (Å²) in [6.07, 6.45) is 11.5. The second-order valence-electron chi connectivity index (χ2n) is 20.7. The number of aliphatic hydroxyl groups is 3. The molecule has 1 spiro atoms. The zero-order valence-electron chi connectivity index (χ0n) is 32.7. The molecular formula is C45H61N2O7+. The molecule has 5 saturated carbocycles. The number of nitrogens with zero attached hydrogens (tertiary/aromatic N) is 2. The van der Waals surface area contributed by atoms with Gasteiger partial charge in [0.25, 0.3) is 0 Å². The van der Waals surface area contributed by atoms with Gasteiger partial charge in [-0.1, -0.05) is 39.0 Å². The minimum Gasteiger partial charge on any atom is -0.458 e. The predicted molar refractivity (Wildman–Crippen MR) is 201 cm³/mol. The number of esters is 2. The molecule has 0 unspecified atom stereocenters. The third-order valence-corrected chi connectivity index (χ3v) is 19.8. The van der Waals surface area contributed by atoms with Crippen LogP contribution in [0.4, 0.5) is 5.69 Å². The van der Waals surface area contributed by atoms with Gasteiger partial charge < -0.3 is 29.7 Å². The quantitative estimate of drug-likeness (QED) is 0.278. The Hall–Kier alpha value is -2.46. The van der Waals surface area contributed by atoms with E-state index in [-0.39, 0.29) is 88.5 Å². The number of aliphatic hydroxyl groups excluding tert-OH is 2. The highest BCUT2D eigenvalue weighted by Gasteiger charge is 2.83. The summed E-state index contributed by atoms with van der Waals surface area (Å²) >= 11 is 0. The number of carbonyl (C=O) groups excluding carboxylic acids is 2. The van der Waals surface area contributed by atoms with Gasteiger partial charge in [-0.25, -0.2) is 9.59 Å². The van der Waals surface area contributed by atoms with Crippen LogP contribution in [0.1, 0.15) is 103 Å². The van der Waals surface area contributed by atoms with Gasteiger partial charge in [-0.05, 0) is 116 Å². The molecule has 1 aromatic carbocycles. The molecule has 0 radical (unpaired) electrons. The maximum Gasteiger partial charge on any atom is 0.362 e. The highest BCUT2D eigenvalue weighted by atomic mass is 16.5. The van der Waals surface area contributed by atoms with Crippen molar-refractivity contribution >= 4 is 17.6 Å². The number of quaternary nitrogens is 1. The van der Waals surface area contributed by atoms with Crippen molar-refractivity contribution in [2.24, 2.45) is 52.3 Å². The Morgan fingerprint density at radius 1 is 1.02 bits per heavy atom. The minimum absolute atomic E-state index is 0.0370. The SMILES string of the molecule is CC[C@H]1[C@H]2C[C@H]3[C@@H]4N(C)c5ccccc5[C@]45C[C@@H]([C@@H]2[C@@H]5O)[N@+]3(CC(=O)O[C@H]2CC[C@@]3(C)[C@H](CC[C@@H]4[C@@H]3CC[C@]3(C)[C@@H](C5=CC(=O)OC5)CC[C@]43O)C2)[C@@H]1O. The fourth-order valence-corrected chi connectivity index (χ4v) is 17.6. The largest absolute Gasteiger partial charge is 0.458 e. The third-order valence-electron chi connectivity index (χ3n) is 19.8. The number of fused-ring (bicyclic) bond motifs is 7. The number of anilines is 1. The van der Waals surface area contributed by atoms with Crippen LogP contribution in [0, 0.1) is 52.3 Å². The van der Waals surface area contributed by atoms with Crippen molar-refractivity contribution in [3.05, 3.63) is 41.5 Å². The van der Waals surface area contributed by atoms with Crippen molar-refractivity contribution in [3.63, 3.8) is 0 Å². The Morgan fingerprint density at radius 2 is 1.83 bits per heavy atom. The number of hydrogen-bond donors (Lipinski definition) is 3. The first-order chi connectivity index (χ1) is 25.8. The highest BCUT2D eigenvalue weighted by Crippen LogP contribution is 2.73. The molecule has 12 rings (SSSR count). The summed E-state index contributed by atoms with van der Waals surface area (Å²) in [7, 11) is 2.17. The van der Waals surface area contributed by atoms with Gasteiger partial charge in [0.1, 0.15) is 18.8 Å². The van der Waals surface area contributed by atoms with Gasteiger partial charge in [0.2, 0.25) is 0 Å². The smallest absolute Gasteiger partial charge is 0.362 e.